The van der Waals surface area contributed by atoms with Crippen molar-refractivity contribution in [2.75, 3.05) is 11.9 Å². The fourth-order valence-electron chi connectivity index (χ4n) is 2.08. The summed E-state index contributed by atoms with van der Waals surface area (Å²) >= 11 is 0. The van der Waals surface area contributed by atoms with E-state index in [2.05, 4.69) is 10.3 Å². The van der Waals surface area contributed by atoms with E-state index in [1.807, 2.05) is 41.8 Å². The summed E-state index contributed by atoms with van der Waals surface area (Å²) in [6.45, 7) is 2.47. The molecule has 0 spiro atoms. The first-order valence-electron chi connectivity index (χ1n) is 6.74. The quantitative estimate of drug-likeness (QED) is 0.800. The third-order valence-electron chi connectivity index (χ3n) is 3.01. The van der Waals surface area contributed by atoms with Crippen LogP contribution in [0.5, 0.6) is 5.75 Å². The number of hydrogen-bond acceptors (Lipinski definition) is 3. The van der Waals surface area contributed by atoms with Crippen molar-refractivity contribution in [1.29, 1.82) is 0 Å². The van der Waals surface area contributed by atoms with Crippen molar-refractivity contribution in [3.63, 3.8) is 0 Å². The maximum Gasteiger partial charge on any atom is 0.256 e. The van der Waals surface area contributed by atoms with Crippen molar-refractivity contribution in [2.24, 2.45) is 0 Å². The van der Waals surface area contributed by atoms with Gasteiger partial charge in [0, 0.05) is 11.8 Å². The average Bonchev–Trinajstić information content (AvgIpc) is 2.90. The molecule has 0 unspecified atom stereocenters. The fourth-order valence-corrected chi connectivity index (χ4v) is 2.08. The van der Waals surface area contributed by atoms with E-state index in [0.717, 1.165) is 5.65 Å². The zero-order valence-electron chi connectivity index (χ0n) is 11.6. The van der Waals surface area contributed by atoms with Crippen LogP contribution in [-0.2, 0) is 0 Å². The average molecular weight is 281 g/mol. The third-order valence-corrected chi connectivity index (χ3v) is 3.01. The summed E-state index contributed by atoms with van der Waals surface area (Å²) in [6, 6.07) is 12.8. The van der Waals surface area contributed by atoms with Gasteiger partial charge in [0.25, 0.3) is 5.91 Å². The number of aromatic nitrogens is 2. The number of amides is 1. The molecule has 1 N–H and O–H groups in total. The molecule has 0 radical (unpaired) electrons. The summed E-state index contributed by atoms with van der Waals surface area (Å²) in [7, 11) is 0. The number of nitrogens with one attached hydrogen (secondary N) is 1. The Balaban J connectivity index is 1.80. The Hall–Kier alpha value is -2.82. The molecule has 106 valence electrons. The topological polar surface area (TPSA) is 55.6 Å². The molecule has 3 aromatic rings. The maximum atomic E-state index is 12.2. The molecule has 3 rings (SSSR count). The molecule has 0 fully saturated rings. The zero-order valence-corrected chi connectivity index (χ0v) is 11.6. The van der Waals surface area contributed by atoms with E-state index < -0.39 is 0 Å². The number of benzene rings is 1. The van der Waals surface area contributed by atoms with Crippen molar-refractivity contribution in [1.82, 2.24) is 9.38 Å². The van der Waals surface area contributed by atoms with Crippen LogP contribution in [0.2, 0.25) is 0 Å². The van der Waals surface area contributed by atoms with Crippen LogP contribution >= 0.6 is 0 Å². The first-order chi connectivity index (χ1) is 10.3. The zero-order chi connectivity index (χ0) is 14.7. The first kappa shape index (κ1) is 13.2. The summed E-state index contributed by atoms with van der Waals surface area (Å²) in [5.41, 5.74) is 1.33. The van der Waals surface area contributed by atoms with Gasteiger partial charge in [-0.3, -0.25) is 4.79 Å². The molecule has 0 aliphatic rings. The molecule has 0 bridgehead atoms. The smallest absolute Gasteiger partial charge is 0.256 e. The SMILES string of the molecule is CCOc1cccc(C(=O)Nc2cn3ccccc3n2)c1. The van der Waals surface area contributed by atoms with E-state index in [-0.39, 0.29) is 5.91 Å². The Labute approximate surface area is 122 Å². The Kier molecular flexibility index (Phi) is 3.55. The second-order valence-corrected chi connectivity index (χ2v) is 4.51. The number of pyridine rings is 1. The molecular formula is C16H15N3O2. The van der Waals surface area contributed by atoms with Gasteiger partial charge in [0.15, 0.2) is 5.82 Å². The fraction of sp³-hybridized carbons (Fsp3) is 0.125. The van der Waals surface area contributed by atoms with Gasteiger partial charge in [-0.15, -0.1) is 0 Å². The lowest BCUT2D eigenvalue weighted by Gasteiger charge is -2.05. The lowest BCUT2D eigenvalue weighted by atomic mass is 10.2. The first-order valence-corrected chi connectivity index (χ1v) is 6.74. The molecule has 0 saturated carbocycles. The lowest BCUT2D eigenvalue weighted by molar-refractivity contribution is 0.102. The maximum absolute atomic E-state index is 12.2. The van der Waals surface area contributed by atoms with E-state index in [1.54, 1.807) is 24.4 Å². The van der Waals surface area contributed by atoms with Crippen LogP contribution in [0.3, 0.4) is 0 Å². The van der Waals surface area contributed by atoms with Gasteiger partial charge in [-0.05, 0) is 37.3 Å². The van der Waals surface area contributed by atoms with Crippen molar-refractivity contribution < 1.29 is 9.53 Å². The van der Waals surface area contributed by atoms with Crippen LogP contribution in [0.15, 0.2) is 54.9 Å². The third kappa shape index (κ3) is 2.86. The van der Waals surface area contributed by atoms with Crippen LogP contribution in [0, 0.1) is 0 Å². The van der Waals surface area contributed by atoms with Gasteiger partial charge in [0.1, 0.15) is 11.4 Å². The van der Waals surface area contributed by atoms with E-state index in [9.17, 15) is 4.79 Å². The summed E-state index contributed by atoms with van der Waals surface area (Å²) < 4.78 is 7.25. The monoisotopic (exact) mass is 281 g/mol. The van der Waals surface area contributed by atoms with Crippen LogP contribution in [0.1, 0.15) is 17.3 Å². The van der Waals surface area contributed by atoms with Crippen molar-refractivity contribution in [2.45, 2.75) is 6.92 Å². The molecule has 0 saturated heterocycles. The molecular weight excluding hydrogens is 266 g/mol. The van der Waals surface area contributed by atoms with Crippen LogP contribution in [-0.4, -0.2) is 21.9 Å². The van der Waals surface area contributed by atoms with Gasteiger partial charge >= 0.3 is 0 Å². The Morgan fingerprint density at radius 3 is 3.00 bits per heavy atom. The lowest BCUT2D eigenvalue weighted by Crippen LogP contribution is -2.12. The summed E-state index contributed by atoms with van der Waals surface area (Å²) in [6.07, 6.45) is 3.66. The van der Waals surface area contributed by atoms with Crippen molar-refractivity contribution >= 4 is 17.4 Å². The molecule has 0 aliphatic heterocycles. The molecule has 21 heavy (non-hydrogen) atoms. The molecule has 5 heteroatoms. The van der Waals surface area contributed by atoms with Crippen LogP contribution in [0.4, 0.5) is 5.82 Å². The van der Waals surface area contributed by atoms with Crippen molar-refractivity contribution in [3.8, 4) is 5.75 Å². The number of imidazole rings is 1. The van der Waals surface area contributed by atoms with Gasteiger partial charge in [0.2, 0.25) is 0 Å². The van der Waals surface area contributed by atoms with E-state index >= 15 is 0 Å². The predicted octanol–water partition coefficient (Wildman–Crippen LogP) is 2.99. The van der Waals surface area contributed by atoms with Gasteiger partial charge < -0.3 is 14.5 Å². The van der Waals surface area contributed by atoms with E-state index in [0.29, 0.717) is 23.7 Å². The molecule has 2 aromatic heterocycles. The highest BCUT2D eigenvalue weighted by Gasteiger charge is 2.09. The number of hydrogen-bond donors (Lipinski definition) is 1. The van der Waals surface area contributed by atoms with Gasteiger partial charge in [0.05, 0.1) is 12.8 Å². The molecule has 0 aliphatic carbocycles. The van der Waals surface area contributed by atoms with Crippen LogP contribution in [0.25, 0.3) is 5.65 Å². The number of nitrogens with zero attached hydrogens (tertiary/aromatic N) is 2. The van der Waals surface area contributed by atoms with E-state index in [4.69, 9.17) is 4.74 Å². The minimum atomic E-state index is -0.208. The Bertz CT molecular complexity index is 747. The minimum absolute atomic E-state index is 0.208. The van der Waals surface area contributed by atoms with Gasteiger partial charge in [-0.25, -0.2) is 4.98 Å². The number of ether oxygens (including phenoxy) is 1. The molecule has 1 amide bonds. The second kappa shape index (κ2) is 5.66. The molecule has 1 aromatic carbocycles. The van der Waals surface area contributed by atoms with Crippen molar-refractivity contribution in [3.05, 3.63) is 60.4 Å². The summed E-state index contributed by atoms with van der Waals surface area (Å²) in [5.74, 6) is 0.994. The minimum Gasteiger partial charge on any atom is -0.494 e. The predicted molar refractivity (Wildman–Crippen MR) is 80.8 cm³/mol. The summed E-state index contributed by atoms with van der Waals surface area (Å²) in [5, 5.41) is 2.79. The number of rotatable bonds is 4. The highest BCUT2D eigenvalue weighted by atomic mass is 16.5. The normalized spacial score (nSPS) is 10.5. The van der Waals surface area contributed by atoms with E-state index in [1.165, 1.54) is 0 Å². The highest BCUT2D eigenvalue weighted by molar-refractivity contribution is 6.04. The van der Waals surface area contributed by atoms with Crippen LogP contribution < -0.4 is 10.1 Å². The number of fused-ring (bicyclic) bond motifs is 1. The molecule has 0 atom stereocenters. The van der Waals surface area contributed by atoms with Gasteiger partial charge in [-0.2, -0.15) is 0 Å². The number of anilines is 1. The summed E-state index contributed by atoms with van der Waals surface area (Å²) in [4.78, 5) is 16.6. The number of carbonyl (C=O) groups is 1. The Morgan fingerprint density at radius 2 is 2.19 bits per heavy atom. The largest absolute Gasteiger partial charge is 0.494 e. The second-order valence-electron chi connectivity index (χ2n) is 4.51. The van der Waals surface area contributed by atoms with Gasteiger partial charge in [-0.1, -0.05) is 12.1 Å². The molecule has 5 nitrogen and oxygen atoms in total. The number of carbonyl (C=O) groups excluding carboxylic acids is 1. The highest BCUT2D eigenvalue weighted by Crippen LogP contribution is 2.15. The Morgan fingerprint density at radius 1 is 1.29 bits per heavy atom. The standard InChI is InChI=1S/C16H15N3O2/c1-2-21-13-7-5-6-12(10-13)16(20)18-14-11-19-9-4-3-8-15(19)17-14/h3-11H,2H2,1H3,(H,18,20). The molecule has 2 heterocycles.